The van der Waals surface area contributed by atoms with Crippen molar-refractivity contribution in [3.05, 3.63) is 28.8 Å². The van der Waals surface area contributed by atoms with Gasteiger partial charge in [0.2, 0.25) is 17.7 Å². The number of halogens is 1. The van der Waals surface area contributed by atoms with Gasteiger partial charge in [-0.25, -0.2) is 0 Å². The van der Waals surface area contributed by atoms with Gasteiger partial charge in [-0.2, -0.15) is 0 Å². The van der Waals surface area contributed by atoms with Gasteiger partial charge >= 0.3 is 0 Å². The molecule has 5 rings (SSSR count). The Labute approximate surface area is 161 Å². The number of methoxy groups -OCH3 is 1. The van der Waals surface area contributed by atoms with Crippen molar-refractivity contribution in [2.24, 2.45) is 11.8 Å². The first kappa shape index (κ1) is 17.2. The van der Waals surface area contributed by atoms with Gasteiger partial charge in [0.15, 0.2) is 0 Å². The maximum Gasteiger partial charge on any atom is 0.250 e. The molecule has 0 radical (unpaired) electrons. The average Bonchev–Trinajstić information content (AvgIpc) is 3.33. The lowest BCUT2D eigenvalue weighted by Crippen LogP contribution is -2.54. The smallest absolute Gasteiger partial charge is 0.250 e. The quantitative estimate of drug-likeness (QED) is 0.786. The Hall–Kier alpha value is -1.96. The topological polar surface area (TPSA) is 79.0 Å². The number of imide groups is 1. The molecule has 3 amide bonds. The van der Waals surface area contributed by atoms with E-state index >= 15 is 0 Å². The number of carbonyl (C=O) groups is 3. The van der Waals surface area contributed by atoms with E-state index in [1.54, 1.807) is 18.2 Å². The molecule has 1 spiro atoms. The van der Waals surface area contributed by atoms with Gasteiger partial charge in [0.05, 0.1) is 25.0 Å². The molecule has 1 aromatic rings. The largest absolute Gasteiger partial charge is 0.383 e. The number of hydrogen-bond donors (Lipinski definition) is 1. The summed E-state index contributed by atoms with van der Waals surface area (Å²) in [4.78, 5) is 43.2. The van der Waals surface area contributed by atoms with Crippen molar-refractivity contribution in [2.45, 2.75) is 24.4 Å². The third-order valence-electron chi connectivity index (χ3n) is 6.56. The third-order valence-corrected chi connectivity index (χ3v) is 6.80. The first-order chi connectivity index (χ1) is 13.0. The molecule has 4 heterocycles. The molecule has 142 valence electrons. The van der Waals surface area contributed by atoms with Crippen LogP contribution in [0.5, 0.6) is 0 Å². The average molecular weight is 390 g/mol. The Balaban J connectivity index is 1.69. The molecule has 4 aliphatic rings. The molecule has 7 nitrogen and oxygen atoms in total. The zero-order chi connectivity index (χ0) is 18.9. The number of nitrogens with zero attached hydrogens (tertiary/aromatic N) is 2. The minimum absolute atomic E-state index is 0.102. The number of fused-ring (bicyclic) bond motifs is 7. The minimum atomic E-state index is -1.15. The van der Waals surface area contributed by atoms with Gasteiger partial charge in [0.1, 0.15) is 5.54 Å². The molecular weight excluding hydrogens is 370 g/mol. The van der Waals surface area contributed by atoms with E-state index in [0.29, 0.717) is 22.8 Å². The van der Waals surface area contributed by atoms with Crippen molar-refractivity contribution in [2.75, 3.05) is 32.1 Å². The van der Waals surface area contributed by atoms with Gasteiger partial charge in [-0.05, 0) is 37.6 Å². The molecule has 1 aromatic carbocycles. The number of carbonyl (C=O) groups excluding carboxylic acids is 3. The highest BCUT2D eigenvalue weighted by Crippen LogP contribution is 2.60. The van der Waals surface area contributed by atoms with E-state index in [1.807, 2.05) is 0 Å². The molecule has 0 unspecified atom stereocenters. The Morgan fingerprint density at radius 3 is 2.89 bits per heavy atom. The number of amides is 3. The fourth-order valence-corrected chi connectivity index (χ4v) is 5.81. The lowest BCUT2D eigenvalue weighted by atomic mass is 9.75. The summed E-state index contributed by atoms with van der Waals surface area (Å²) < 4.78 is 5.07. The van der Waals surface area contributed by atoms with E-state index in [0.717, 1.165) is 12.8 Å². The van der Waals surface area contributed by atoms with Crippen LogP contribution in [0.1, 0.15) is 18.4 Å². The molecule has 4 aliphatic heterocycles. The van der Waals surface area contributed by atoms with Crippen LogP contribution < -0.4 is 5.32 Å². The van der Waals surface area contributed by atoms with Gasteiger partial charge in [0, 0.05) is 29.4 Å². The summed E-state index contributed by atoms with van der Waals surface area (Å²) in [5.41, 5.74) is 0.237. The molecule has 0 aliphatic carbocycles. The fourth-order valence-electron chi connectivity index (χ4n) is 5.64. The van der Waals surface area contributed by atoms with Crippen LogP contribution in [0.2, 0.25) is 5.02 Å². The standard InChI is InChI=1S/C19H20ClN3O4/c1-27-8-7-22-16(24)14-13-3-2-6-23(13)19(15(14)17(22)25)11-9-10(20)4-5-12(11)21-18(19)26/h4-5,9,13-15H,2-3,6-8H2,1H3,(H,21,26)/t13-,14+,15+,19-/m1/s1. The van der Waals surface area contributed by atoms with Crippen LogP contribution in [0, 0.1) is 11.8 Å². The van der Waals surface area contributed by atoms with E-state index < -0.39 is 17.4 Å². The summed E-state index contributed by atoms with van der Waals surface area (Å²) in [6.45, 7) is 1.19. The molecule has 3 fully saturated rings. The van der Waals surface area contributed by atoms with Crippen LogP contribution in [0.15, 0.2) is 18.2 Å². The number of rotatable bonds is 3. The summed E-state index contributed by atoms with van der Waals surface area (Å²) in [7, 11) is 1.54. The van der Waals surface area contributed by atoms with Gasteiger partial charge < -0.3 is 10.1 Å². The molecule has 3 saturated heterocycles. The highest BCUT2D eigenvalue weighted by molar-refractivity contribution is 6.31. The lowest BCUT2D eigenvalue weighted by Gasteiger charge is -2.36. The van der Waals surface area contributed by atoms with Crippen LogP contribution >= 0.6 is 11.6 Å². The van der Waals surface area contributed by atoms with Crippen LogP contribution in [0.25, 0.3) is 0 Å². The highest BCUT2D eigenvalue weighted by atomic mass is 35.5. The second-order valence-electron chi connectivity index (χ2n) is 7.64. The third kappa shape index (κ3) is 1.97. The van der Waals surface area contributed by atoms with Crippen molar-refractivity contribution >= 4 is 35.0 Å². The first-order valence-electron chi connectivity index (χ1n) is 9.24. The fraction of sp³-hybridized carbons (Fsp3) is 0.526. The van der Waals surface area contributed by atoms with Crippen LogP contribution in [0.3, 0.4) is 0 Å². The van der Waals surface area contributed by atoms with Crippen LogP contribution in [-0.4, -0.2) is 60.4 Å². The molecule has 0 aromatic heterocycles. The van der Waals surface area contributed by atoms with Crippen molar-refractivity contribution in [3.63, 3.8) is 0 Å². The second-order valence-corrected chi connectivity index (χ2v) is 8.07. The maximum absolute atomic E-state index is 13.3. The van der Waals surface area contributed by atoms with Crippen molar-refractivity contribution in [1.29, 1.82) is 0 Å². The summed E-state index contributed by atoms with van der Waals surface area (Å²) in [5, 5.41) is 3.44. The summed E-state index contributed by atoms with van der Waals surface area (Å²) >= 11 is 6.24. The zero-order valence-electron chi connectivity index (χ0n) is 14.9. The summed E-state index contributed by atoms with van der Waals surface area (Å²) in [6, 6.07) is 5.16. The lowest BCUT2D eigenvalue weighted by molar-refractivity contribution is -0.146. The number of benzene rings is 1. The second kappa shape index (κ2) is 5.77. The van der Waals surface area contributed by atoms with Crippen molar-refractivity contribution < 1.29 is 19.1 Å². The van der Waals surface area contributed by atoms with Gasteiger partial charge in [-0.15, -0.1) is 0 Å². The molecule has 1 N–H and O–H groups in total. The molecule has 4 atom stereocenters. The Morgan fingerprint density at radius 2 is 2.11 bits per heavy atom. The van der Waals surface area contributed by atoms with Crippen molar-refractivity contribution in [3.8, 4) is 0 Å². The van der Waals surface area contributed by atoms with E-state index in [9.17, 15) is 14.4 Å². The zero-order valence-corrected chi connectivity index (χ0v) is 15.7. The number of likely N-dealkylation sites (tertiary alicyclic amines) is 1. The number of hydrogen-bond acceptors (Lipinski definition) is 5. The minimum Gasteiger partial charge on any atom is -0.383 e. The Kier molecular flexibility index (Phi) is 3.67. The van der Waals surface area contributed by atoms with Gasteiger partial charge in [-0.3, -0.25) is 24.2 Å². The SMILES string of the molecule is COCCN1C(=O)[C@H]2[C@H]3CCCN3[C@@]3(C(=O)Nc4ccc(Cl)cc43)[C@@H]2C1=O. The molecular formula is C19H20ClN3O4. The highest BCUT2D eigenvalue weighted by Gasteiger charge is 2.74. The predicted octanol–water partition coefficient (Wildman–Crippen LogP) is 1.21. The number of anilines is 1. The van der Waals surface area contributed by atoms with E-state index in [4.69, 9.17) is 16.3 Å². The van der Waals surface area contributed by atoms with E-state index in [1.165, 1.54) is 12.0 Å². The van der Waals surface area contributed by atoms with Crippen molar-refractivity contribution in [1.82, 2.24) is 9.80 Å². The van der Waals surface area contributed by atoms with Crippen LogP contribution in [0.4, 0.5) is 5.69 Å². The van der Waals surface area contributed by atoms with Crippen LogP contribution in [-0.2, 0) is 24.7 Å². The first-order valence-corrected chi connectivity index (χ1v) is 9.62. The molecule has 0 bridgehead atoms. The number of nitrogens with one attached hydrogen (secondary N) is 1. The Bertz CT molecular complexity index is 875. The van der Waals surface area contributed by atoms with Gasteiger partial charge in [-0.1, -0.05) is 11.6 Å². The normalized spacial score (nSPS) is 34.4. The molecule has 27 heavy (non-hydrogen) atoms. The summed E-state index contributed by atoms with van der Waals surface area (Å²) in [6.07, 6.45) is 1.71. The maximum atomic E-state index is 13.3. The predicted molar refractivity (Wildman–Crippen MR) is 97.1 cm³/mol. The van der Waals surface area contributed by atoms with Gasteiger partial charge in [0.25, 0.3) is 0 Å². The van der Waals surface area contributed by atoms with E-state index in [-0.39, 0.29) is 36.9 Å². The monoisotopic (exact) mass is 389 g/mol. The summed E-state index contributed by atoms with van der Waals surface area (Å²) in [5.74, 6) is -1.90. The van der Waals surface area contributed by atoms with E-state index in [2.05, 4.69) is 10.2 Å². The molecule has 8 heteroatoms. The number of ether oxygens (including phenoxy) is 1. The Morgan fingerprint density at radius 1 is 1.30 bits per heavy atom. The molecule has 0 saturated carbocycles.